The predicted molar refractivity (Wildman–Crippen MR) is 48.1 cm³/mol. The van der Waals surface area contributed by atoms with Gasteiger partial charge in [0.15, 0.2) is 0 Å². The van der Waals surface area contributed by atoms with Gasteiger partial charge in [0.2, 0.25) is 0 Å². The summed E-state index contributed by atoms with van der Waals surface area (Å²) in [5.41, 5.74) is 0. The first-order chi connectivity index (χ1) is 3.15. The van der Waals surface area contributed by atoms with Crippen molar-refractivity contribution in [2.75, 3.05) is 0 Å². The lowest BCUT2D eigenvalue weighted by atomic mass is 11.9. The third-order valence-electron chi connectivity index (χ3n) is 0. The van der Waals surface area contributed by atoms with Crippen molar-refractivity contribution in [3.05, 3.63) is 0 Å². The average Bonchev–Trinajstić information content (AvgIpc) is 1.33. The van der Waals surface area contributed by atoms with E-state index in [1.54, 1.807) is 0 Å². The van der Waals surface area contributed by atoms with E-state index in [4.69, 9.17) is 0 Å². The minimum atomic E-state index is -0.326. The predicted octanol–water partition coefficient (Wildman–Crippen LogP) is 1.62. The molecule has 0 nitrogen and oxygen atoms in total. The Bertz CT molecular complexity index is 20.9. The molecule has 46 valence electrons. The van der Waals surface area contributed by atoms with Gasteiger partial charge < -0.3 is 0 Å². The molecule has 3 heteroatoms. The fourth-order valence-electron chi connectivity index (χ4n) is 0. The van der Waals surface area contributed by atoms with Crippen molar-refractivity contribution in [1.82, 2.24) is 0 Å². The van der Waals surface area contributed by atoms with Gasteiger partial charge in [-0.1, -0.05) is 26.2 Å². The molecule has 0 aliphatic carbocycles. The molecule has 0 N–H and O–H groups in total. The van der Waals surface area contributed by atoms with Gasteiger partial charge in [0.25, 0.3) is 0 Å². The molecular formula is C4H15BrSi2. The van der Waals surface area contributed by atoms with Gasteiger partial charge in [0, 0.05) is 9.52 Å². The zero-order chi connectivity index (χ0) is 6.28. The third kappa shape index (κ3) is 200. The van der Waals surface area contributed by atoms with E-state index in [-0.39, 0.29) is 7.42 Å². The van der Waals surface area contributed by atoms with E-state index in [0.29, 0.717) is 9.52 Å². The van der Waals surface area contributed by atoms with Crippen LogP contribution in [0.25, 0.3) is 0 Å². The molecule has 0 radical (unpaired) electrons. The molecule has 0 heterocycles. The van der Waals surface area contributed by atoms with Crippen molar-refractivity contribution < 1.29 is 0 Å². The molecule has 0 fully saturated rings. The van der Waals surface area contributed by atoms with Crippen LogP contribution in [0.3, 0.4) is 0 Å². The summed E-state index contributed by atoms with van der Waals surface area (Å²) in [5.74, 6) is 0. The van der Waals surface area contributed by atoms with Crippen molar-refractivity contribution in [2.45, 2.75) is 26.2 Å². The number of hydrogen-bond donors (Lipinski definition) is 0. The summed E-state index contributed by atoms with van der Waals surface area (Å²) in [5, 5.41) is 0. The zero-order valence-corrected chi connectivity index (χ0v) is 9.82. The summed E-state index contributed by atoms with van der Waals surface area (Å²) in [6.45, 7) is 8.97. The lowest BCUT2D eigenvalue weighted by Gasteiger charge is -1.72. The average molecular weight is 199 g/mol. The van der Waals surface area contributed by atoms with Crippen LogP contribution in [0.2, 0.25) is 26.2 Å². The minimum absolute atomic E-state index is 0.326. The Labute approximate surface area is 58.7 Å². The summed E-state index contributed by atoms with van der Waals surface area (Å²) in [6.07, 6.45) is 0. The van der Waals surface area contributed by atoms with Crippen molar-refractivity contribution in [1.29, 1.82) is 0 Å². The number of halogens is 1. The molecule has 0 aliphatic heterocycles. The fourth-order valence-corrected chi connectivity index (χ4v) is 0. The van der Waals surface area contributed by atoms with Crippen molar-refractivity contribution in [3.63, 3.8) is 0 Å². The van der Waals surface area contributed by atoms with Crippen molar-refractivity contribution in [3.8, 4) is 0 Å². The Kier molecular flexibility index (Phi) is 15.5. The first kappa shape index (κ1) is 10.8. The minimum Gasteiger partial charge on any atom is -0.131 e. The van der Waals surface area contributed by atoms with E-state index in [0.717, 1.165) is 0 Å². The molecule has 7 heavy (non-hydrogen) atoms. The molecule has 0 aromatic rings. The number of hydrogen-bond acceptors (Lipinski definition) is 0. The van der Waals surface area contributed by atoms with Crippen molar-refractivity contribution in [2.24, 2.45) is 0 Å². The Balaban J connectivity index is 0. The maximum atomic E-state index is 3.41. The summed E-state index contributed by atoms with van der Waals surface area (Å²) >= 11 is 3.41. The molecule has 0 rings (SSSR count). The summed E-state index contributed by atoms with van der Waals surface area (Å²) < 4.78 is 0. The van der Waals surface area contributed by atoms with Gasteiger partial charge in [-0.3, -0.25) is 0 Å². The highest BCUT2D eigenvalue weighted by Gasteiger charge is 1.75. The van der Waals surface area contributed by atoms with Crippen LogP contribution in [0, 0.1) is 0 Å². The first-order valence-electron chi connectivity index (χ1n) is 2.79. The molecule has 0 aromatic heterocycles. The second-order valence-corrected chi connectivity index (χ2v) is 10.7. The molecule has 0 amide bonds. The summed E-state index contributed by atoms with van der Waals surface area (Å²) in [4.78, 5) is 0. The van der Waals surface area contributed by atoms with Gasteiger partial charge in [-0.25, -0.2) is 0 Å². The molecule has 0 saturated carbocycles. The molecule has 0 aromatic carbocycles. The second-order valence-electron chi connectivity index (χ2n) is 1.72. The van der Waals surface area contributed by atoms with Crippen LogP contribution >= 0.6 is 15.3 Å². The van der Waals surface area contributed by atoms with Crippen LogP contribution < -0.4 is 0 Å². The van der Waals surface area contributed by atoms with Gasteiger partial charge in [-0.15, -0.1) is 15.3 Å². The smallest absolute Gasteiger partial charge is 0.108 e. The van der Waals surface area contributed by atoms with Crippen LogP contribution in [-0.2, 0) is 0 Å². The highest BCUT2D eigenvalue weighted by atomic mass is 79.9. The SMILES string of the molecule is C[SiH2]C.C[SiH](C)Br. The molecule has 0 saturated heterocycles. The largest absolute Gasteiger partial charge is 0.131 e. The quantitative estimate of drug-likeness (QED) is 0.411. The van der Waals surface area contributed by atoms with Crippen LogP contribution in [0.1, 0.15) is 0 Å². The Morgan fingerprint density at radius 1 is 1.29 bits per heavy atom. The fraction of sp³-hybridized carbons (Fsp3) is 1.00. The van der Waals surface area contributed by atoms with Gasteiger partial charge in [-0.2, -0.15) is 0 Å². The standard InChI is InChI=1S/C2H7BrSi.C2H8Si/c1-4(2)3;1-3-2/h4H,1-2H3;3H2,1-2H3. The molecule has 0 atom stereocenters. The second kappa shape index (κ2) is 10.0. The maximum Gasteiger partial charge on any atom is 0.108 e. The lowest BCUT2D eigenvalue weighted by molar-refractivity contribution is 2.12. The Morgan fingerprint density at radius 3 is 1.29 bits per heavy atom. The van der Waals surface area contributed by atoms with E-state index in [2.05, 4.69) is 41.5 Å². The topological polar surface area (TPSA) is 0 Å². The van der Waals surface area contributed by atoms with E-state index in [9.17, 15) is 0 Å². The highest BCUT2D eigenvalue weighted by molar-refractivity contribution is 9.24. The van der Waals surface area contributed by atoms with E-state index in [1.807, 2.05) is 0 Å². The summed E-state index contributed by atoms with van der Waals surface area (Å²) in [6, 6.07) is 0. The van der Waals surface area contributed by atoms with Gasteiger partial charge in [-0.05, 0) is 0 Å². The molecule has 0 aliphatic rings. The van der Waals surface area contributed by atoms with E-state index < -0.39 is 0 Å². The van der Waals surface area contributed by atoms with Crippen LogP contribution in [0.4, 0.5) is 0 Å². The van der Waals surface area contributed by atoms with E-state index >= 15 is 0 Å². The Hall–Kier alpha value is 0.914. The molecular weight excluding hydrogens is 184 g/mol. The monoisotopic (exact) mass is 198 g/mol. The molecule has 0 bridgehead atoms. The number of rotatable bonds is 0. The maximum absolute atomic E-state index is 3.41. The van der Waals surface area contributed by atoms with Gasteiger partial charge in [0.1, 0.15) is 7.42 Å². The van der Waals surface area contributed by atoms with Crippen LogP contribution in [0.15, 0.2) is 0 Å². The molecule has 0 spiro atoms. The third-order valence-corrected chi connectivity index (χ3v) is 0. The highest BCUT2D eigenvalue weighted by Crippen LogP contribution is 1.85. The van der Waals surface area contributed by atoms with Crippen molar-refractivity contribution >= 4 is 32.2 Å². The van der Waals surface area contributed by atoms with Gasteiger partial charge >= 0.3 is 0 Å². The first-order valence-corrected chi connectivity index (χ1v) is 11.1. The van der Waals surface area contributed by atoms with Crippen LogP contribution in [0.5, 0.6) is 0 Å². The van der Waals surface area contributed by atoms with E-state index in [1.165, 1.54) is 0 Å². The summed E-state index contributed by atoms with van der Waals surface area (Å²) in [7, 11) is 0.0903. The zero-order valence-electron chi connectivity index (χ0n) is 5.66. The molecule has 0 unspecified atom stereocenters. The van der Waals surface area contributed by atoms with Gasteiger partial charge in [0.05, 0.1) is 0 Å². The Morgan fingerprint density at radius 2 is 1.29 bits per heavy atom. The van der Waals surface area contributed by atoms with Crippen LogP contribution in [-0.4, -0.2) is 16.9 Å². The lowest BCUT2D eigenvalue weighted by Crippen LogP contribution is -1.77. The normalized spacial score (nSPS) is 7.71.